The second-order valence-electron chi connectivity index (χ2n) is 27.7. The predicted molar refractivity (Wildman–Crippen MR) is 311 cm³/mol. The van der Waals surface area contributed by atoms with Crippen LogP contribution >= 0.6 is 0 Å². The molecule has 366 valence electrons. The highest BCUT2D eigenvalue weighted by atomic mass is 15.2. The third kappa shape index (κ3) is 6.80. The molecule has 0 atom stereocenters. The molecule has 0 unspecified atom stereocenters. The van der Waals surface area contributed by atoms with E-state index in [1.807, 2.05) is 0 Å². The Morgan fingerprint density at radius 2 is 0.833 bits per heavy atom. The van der Waals surface area contributed by atoms with Crippen LogP contribution in [0.15, 0.2) is 127 Å². The maximum absolute atomic E-state index is 2.74. The van der Waals surface area contributed by atoms with E-state index >= 15 is 0 Å². The van der Waals surface area contributed by atoms with Gasteiger partial charge in [0.1, 0.15) is 0 Å². The van der Waals surface area contributed by atoms with E-state index in [2.05, 4.69) is 248 Å². The van der Waals surface area contributed by atoms with E-state index in [9.17, 15) is 0 Å². The number of aryl methyl sites for hydroxylation is 2. The Hall–Kier alpha value is -5.80. The lowest BCUT2D eigenvalue weighted by molar-refractivity contribution is 0.332. The average molecular weight is 945 g/mol. The minimum atomic E-state index is -0.213. The van der Waals surface area contributed by atoms with Crippen molar-refractivity contribution in [3.05, 3.63) is 183 Å². The molecular formula is C69H77BN2. The third-order valence-corrected chi connectivity index (χ3v) is 19.1. The molecule has 2 heterocycles. The van der Waals surface area contributed by atoms with Crippen LogP contribution in [0.2, 0.25) is 0 Å². The summed E-state index contributed by atoms with van der Waals surface area (Å²) in [7, 11) is 0. The summed E-state index contributed by atoms with van der Waals surface area (Å²) >= 11 is 0. The van der Waals surface area contributed by atoms with Crippen molar-refractivity contribution < 1.29 is 0 Å². The molecule has 0 spiro atoms. The van der Waals surface area contributed by atoms with E-state index in [-0.39, 0.29) is 44.6 Å². The lowest BCUT2D eigenvalue weighted by atomic mass is 9.32. The zero-order chi connectivity index (χ0) is 51.0. The second kappa shape index (κ2) is 15.1. The summed E-state index contributed by atoms with van der Waals surface area (Å²) in [6.07, 6.45) is 4.60. The molecule has 5 aliphatic rings. The Labute approximate surface area is 433 Å². The number of hydrogen-bond acceptors (Lipinski definition) is 2. The average Bonchev–Trinajstić information content (AvgIpc) is 3.62. The van der Waals surface area contributed by atoms with Crippen molar-refractivity contribution in [2.75, 3.05) is 9.80 Å². The Kier molecular flexibility index (Phi) is 9.94. The van der Waals surface area contributed by atoms with Crippen LogP contribution in [0.3, 0.4) is 0 Å². The highest BCUT2D eigenvalue weighted by Gasteiger charge is 2.51. The van der Waals surface area contributed by atoms with Gasteiger partial charge in [0.15, 0.2) is 0 Å². The summed E-state index contributed by atoms with van der Waals surface area (Å²) in [5, 5.41) is 0. The summed E-state index contributed by atoms with van der Waals surface area (Å²) < 4.78 is 0. The fourth-order valence-electron chi connectivity index (χ4n) is 15.5. The first-order valence-electron chi connectivity index (χ1n) is 27.3. The Morgan fingerprint density at radius 1 is 0.403 bits per heavy atom. The number of hydrogen-bond donors (Lipinski definition) is 0. The summed E-state index contributed by atoms with van der Waals surface area (Å²) in [6, 6.07) is 50.7. The standard InChI is InChI=1S/C69H77BN2/c1-42-31-60-62-61(32-42)72(57-37-52-48(33-43(57)2)65(7,8)40-67(52,11)12)59-39-53-50(66(9,10)41-68(53,13)14)36-55(59)70(62)54-35-49-51(64(5,6)30-29-63(49,3)4)38-58(54)71(60)56-28-27-46(34-47(56)44-23-19-17-20-24-44)69(15,16)45-25-21-18-22-26-45/h17-28,31-39H,29-30,40-41H2,1-16H3. The van der Waals surface area contributed by atoms with Crippen molar-refractivity contribution in [1.29, 1.82) is 0 Å². The monoisotopic (exact) mass is 945 g/mol. The second-order valence-corrected chi connectivity index (χ2v) is 27.7. The fraction of sp³-hybridized carbons (Fsp3) is 0.391. The minimum Gasteiger partial charge on any atom is -0.311 e. The topological polar surface area (TPSA) is 6.48 Å². The lowest BCUT2D eigenvalue weighted by Crippen LogP contribution is -2.62. The van der Waals surface area contributed by atoms with Gasteiger partial charge < -0.3 is 9.80 Å². The molecule has 7 aromatic carbocycles. The van der Waals surface area contributed by atoms with Gasteiger partial charge in [0, 0.05) is 39.4 Å². The molecule has 0 saturated carbocycles. The van der Waals surface area contributed by atoms with Gasteiger partial charge >= 0.3 is 0 Å². The summed E-state index contributed by atoms with van der Waals surface area (Å²) in [4.78, 5) is 5.47. The summed E-state index contributed by atoms with van der Waals surface area (Å²) in [6.45, 7) is 39.3. The van der Waals surface area contributed by atoms with Gasteiger partial charge in [-0.15, -0.1) is 0 Å². The highest BCUT2D eigenvalue weighted by molar-refractivity contribution is 7.00. The molecule has 0 N–H and O–H groups in total. The zero-order valence-corrected chi connectivity index (χ0v) is 46.4. The molecule has 7 aromatic rings. The number of benzene rings is 7. The van der Waals surface area contributed by atoms with Crippen molar-refractivity contribution in [2.45, 2.75) is 174 Å². The minimum absolute atomic E-state index is 0.0283. The maximum Gasteiger partial charge on any atom is 0.252 e. The molecule has 3 aliphatic carbocycles. The van der Waals surface area contributed by atoms with Gasteiger partial charge in [-0.1, -0.05) is 182 Å². The van der Waals surface area contributed by atoms with Crippen LogP contribution in [0.25, 0.3) is 11.1 Å². The molecular weight excluding hydrogens is 868 g/mol. The van der Waals surface area contributed by atoms with E-state index in [0.717, 1.165) is 19.3 Å². The lowest BCUT2D eigenvalue weighted by Gasteiger charge is -2.48. The Balaban J connectivity index is 1.21. The van der Waals surface area contributed by atoms with E-state index in [1.165, 1.54) is 124 Å². The first-order chi connectivity index (χ1) is 33.7. The molecule has 0 saturated heterocycles. The van der Waals surface area contributed by atoms with Crippen molar-refractivity contribution in [3.8, 4) is 11.1 Å². The fourth-order valence-corrected chi connectivity index (χ4v) is 15.5. The number of nitrogens with zero attached hydrogens (tertiary/aromatic N) is 2. The van der Waals surface area contributed by atoms with Crippen LogP contribution in [0.5, 0.6) is 0 Å². The van der Waals surface area contributed by atoms with Crippen LogP contribution in [-0.2, 0) is 37.9 Å². The molecule has 2 nitrogen and oxygen atoms in total. The van der Waals surface area contributed by atoms with Gasteiger partial charge in [-0.3, -0.25) is 0 Å². The Bertz CT molecular complexity index is 3420. The highest BCUT2D eigenvalue weighted by Crippen LogP contribution is 2.57. The van der Waals surface area contributed by atoms with Crippen LogP contribution in [-0.4, -0.2) is 6.71 Å². The van der Waals surface area contributed by atoms with Crippen LogP contribution < -0.4 is 26.2 Å². The first kappa shape index (κ1) is 47.2. The van der Waals surface area contributed by atoms with Crippen LogP contribution in [0.4, 0.5) is 34.1 Å². The van der Waals surface area contributed by atoms with Gasteiger partial charge in [0.2, 0.25) is 0 Å². The molecule has 0 radical (unpaired) electrons. The number of rotatable bonds is 5. The van der Waals surface area contributed by atoms with Gasteiger partial charge in [-0.2, -0.15) is 0 Å². The molecule has 0 bridgehead atoms. The van der Waals surface area contributed by atoms with Crippen molar-refractivity contribution >= 4 is 57.2 Å². The smallest absolute Gasteiger partial charge is 0.252 e. The zero-order valence-electron chi connectivity index (χ0n) is 46.4. The van der Waals surface area contributed by atoms with Crippen molar-refractivity contribution in [2.24, 2.45) is 0 Å². The van der Waals surface area contributed by atoms with Gasteiger partial charge in [-0.25, -0.2) is 0 Å². The van der Waals surface area contributed by atoms with Gasteiger partial charge in [-0.05, 0) is 192 Å². The predicted octanol–water partition coefficient (Wildman–Crippen LogP) is 16.6. The molecule has 12 rings (SSSR count). The molecule has 0 aromatic heterocycles. The number of fused-ring (bicyclic) bond motifs is 7. The largest absolute Gasteiger partial charge is 0.311 e. The third-order valence-electron chi connectivity index (χ3n) is 19.1. The molecule has 72 heavy (non-hydrogen) atoms. The van der Waals surface area contributed by atoms with Crippen molar-refractivity contribution in [3.63, 3.8) is 0 Å². The summed E-state index contributed by atoms with van der Waals surface area (Å²) in [5.74, 6) is 0. The molecule has 2 aliphatic heterocycles. The normalized spacial score (nSPS) is 19.8. The van der Waals surface area contributed by atoms with Crippen LogP contribution in [0.1, 0.15) is 178 Å². The van der Waals surface area contributed by atoms with E-state index in [0.29, 0.717) is 0 Å². The van der Waals surface area contributed by atoms with Crippen LogP contribution in [0, 0.1) is 13.8 Å². The van der Waals surface area contributed by atoms with E-state index in [4.69, 9.17) is 0 Å². The SMILES string of the molecule is Cc1cc2c3c(c1)N(c1ccc(C(C)(C)c4ccccc4)cc1-c1ccccc1)c1cc4c(cc1B3c1cc3c(cc1N2c1cc2c(cc1C)C(C)(C)CC2(C)C)C(C)(C)CC3(C)C)C(C)(C)CCC4(C)C. The molecule has 3 heteroatoms. The van der Waals surface area contributed by atoms with E-state index < -0.39 is 0 Å². The maximum atomic E-state index is 2.74. The molecule has 0 amide bonds. The number of anilines is 6. The molecule has 0 fully saturated rings. The van der Waals surface area contributed by atoms with Gasteiger partial charge in [0.25, 0.3) is 6.71 Å². The van der Waals surface area contributed by atoms with Gasteiger partial charge in [0.05, 0.1) is 5.69 Å². The van der Waals surface area contributed by atoms with Crippen molar-refractivity contribution in [1.82, 2.24) is 0 Å². The van der Waals surface area contributed by atoms with E-state index in [1.54, 1.807) is 0 Å². The Morgan fingerprint density at radius 3 is 1.36 bits per heavy atom. The summed E-state index contributed by atoms with van der Waals surface area (Å²) in [5.41, 5.74) is 28.9. The quantitative estimate of drug-likeness (QED) is 0.159. The first-order valence-corrected chi connectivity index (χ1v) is 27.3.